The predicted octanol–water partition coefficient (Wildman–Crippen LogP) is 3.64. The molecule has 3 rings (SSSR count). The minimum absolute atomic E-state index is 0.0401. The number of likely N-dealkylation sites (N-methyl/N-ethyl adjacent to an activating group) is 1. The molecule has 0 aliphatic heterocycles. The Morgan fingerprint density at radius 2 is 1.90 bits per heavy atom. The number of nitrogens with one attached hydrogen (secondary N) is 1. The second-order valence-electron chi connectivity index (χ2n) is 8.03. The highest BCUT2D eigenvalue weighted by Gasteiger charge is 2.36. The van der Waals surface area contributed by atoms with Crippen LogP contribution in [0.3, 0.4) is 0 Å². The number of hydrogen-bond donors (Lipinski definition) is 1. The van der Waals surface area contributed by atoms with Gasteiger partial charge < -0.3 is 9.88 Å². The Morgan fingerprint density at radius 3 is 2.53 bits per heavy atom. The van der Waals surface area contributed by atoms with E-state index in [0.717, 1.165) is 35.8 Å². The second-order valence-corrected chi connectivity index (χ2v) is 8.03. The van der Waals surface area contributed by atoms with Gasteiger partial charge in [-0.25, -0.2) is 9.37 Å². The van der Waals surface area contributed by atoms with E-state index in [1.807, 2.05) is 0 Å². The molecule has 9 heteroatoms. The normalized spacial score (nSPS) is 16.2. The molecule has 5 nitrogen and oxygen atoms in total. The average Bonchev–Trinajstić information content (AvgIpc) is 3.30. The van der Waals surface area contributed by atoms with E-state index in [0.29, 0.717) is 6.54 Å². The van der Waals surface area contributed by atoms with Crippen molar-refractivity contribution in [3.63, 3.8) is 0 Å². The maximum Gasteiger partial charge on any atom is 0.406 e. The molecule has 30 heavy (non-hydrogen) atoms. The molecular weight excluding hydrogens is 400 g/mol. The van der Waals surface area contributed by atoms with Crippen molar-refractivity contribution in [2.75, 3.05) is 20.1 Å². The van der Waals surface area contributed by atoms with Crippen molar-refractivity contribution in [1.29, 1.82) is 0 Å². The van der Waals surface area contributed by atoms with E-state index >= 15 is 0 Å². The van der Waals surface area contributed by atoms with E-state index in [1.165, 1.54) is 24.5 Å². The van der Waals surface area contributed by atoms with E-state index in [9.17, 15) is 22.4 Å². The third-order valence-corrected chi connectivity index (χ3v) is 5.62. The fraction of sp³-hybridized carbons (Fsp3) is 0.524. The van der Waals surface area contributed by atoms with Crippen molar-refractivity contribution < 1.29 is 22.4 Å². The Morgan fingerprint density at radius 1 is 1.23 bits per heavy atom. The molecule has 0 bridgehead atoms. The van der Waals surface area contributed by atoms with Gasteiger partial charge in [-0.1, -0.05) is 25.0 Å². The second kappa shape index (κ2) is 9.16. The molecule has 1 saturated carbocycles. The van der Waals surface area contributed by atoms with Gasteiger partial charge in [-0.3, -0.25) is 9.69 Å². The summed E-state index contributed by atoms with van der Waals surface area (Å²) in [5.41, 5.74) is 0.814. The van der Waals surface area contributed by atoms with Gasteiger partial charge in [0.25, 0.3) is 0 Å². The van der Waals surface area contributed by atoms with Gasteiger partial charge in [-0.2, -0.15) is 13.2 Å². The van der Waals surface area contributed by atoms with Gasteiger partial charge in [-0.15, -0.1) is 0 Å². The Hall–Kier alpha value is -2.42. The number of alkyl halides is 3. The largest absolute Gasteiger partial charge is 0.406 e. The third kappa shape index (κ3) is 5.81. The highest BCUT2D eigenvalue weighted by Crippen LogP contribution is 2.40. The first-order valence-electron chi connectivity index (χ1n) is 9.95. The fourth-order valence-electron chi connectivity index (χ4n) is 4.12. The molecule has 1 fully saturated rings. The summed E-state index contributed by atoms with van der Waals surface area (Å²) >= 11 is 0. The van der Waals surface area contributed by atoms with Crippen LogP contribution < -0.4 is 5.32 Å². The highest BCUT2D eigenvalue weighted by molar-refractivity contribution is 5.78. The zero-order valence-electron chi connectivity index (χ0n) is 16.9. The number of halogens is 4. The molecule has 1 amide bonds. The Labute approximate surface area is 173 Å². The van der Waals surface area contributed by atoms with Crippen molar-refractivity contribution in [3.05, 3.63) is 53.9 Å². The van der Waals surface area contributed by atoms with Crippen molar-refractivity contribution in [1.82, 2.24) is 19.8 Å². The van der Waals surface area contributed by atoms with Crippen molar-refractivity contribution in [3.8, 4) is 0 Å². The van der Waals surface area contributed by atoms with Crippen molar-refractivity contribution in [2.24, 2.45) is 0 Å². The number of carbonyl (C=O) groups excluding carboxylic acids is 1. The van der Waals surface area contributed by atoms with E-state index in [-0.39, 0.29) is 36.1 Å². The quantitative estimate of drug-likeness (QED) is 0.656. The maximum absolute atomic E-state index is 13.3. The summed E-state index contributed by atoms with van der Waals surface area (Å²) in [4.78, 5) is 18.1. The zero-order valence-corrected chi connectivity index (χ0v) is 16.9. The van der Waals surface area contributed by atoms with Crippen LogP contribution in [0.2, 0.25) is 0 Å². The SMILES string of the molecule is CN(CC(=O)NCC1(c2ccc(F)cc2)CCCC1)Cc1nccn1CC(F)(F)F. The molecule has 1 aliphatic rings. The lowest BCUT2D eigenvalue weighted by atomic mass is 9.79. The first-order valence-corrected chi connectivity index (χ1v) is 9.95. The molecule has 0 saturated heterocycles. The Bertz CT molecular complexity index is 841. The summed E-state index contributed by atoms with van der Waals surface area (Å²) in [6.07, 6.45) is 2.21. The topological polar surface area (TPSA) is 50.2 Å². The monoisotopic (exact) mass is 426 g/mol. The Kier molecular flexibility index (Phi) is 6.80. The van der Waals surface area contributed by atoms with Crippen LogP contribution in [0.1, 0.15) is 37.1 Å². The maximum atomic E-state index is 13.3. The van der Waals surface area contributed by atoms with E-state index < -0.39 is 12.7 Å². The standard InChI is InChI=1S/C21H26F4N4O/c1-28(12-18-26-10-11-29(18)15-21(23,24)25)13-19(30)27-14-20(8-2-3-9-20)16-4-6-17(22)7-5-16/h4-7,10-11H,2-3,8-9,12-15H2,1H3,(H,27,30). The lowest BCUT2D eigenvalue weighted by Gasteiger charge is -2.30. The number of amides is 1. The van der Waals surface area contributed by atoms with E-state index in [1.54, 1.807) is 24.1 Å². The number of aromatic nitrogens is 2. The van der Waals surface area contributed by atoms with Gasteiger partial charge in [0.2, 0.25) is 5.91 Å². The number of imidazole rings is 1. The van der Waals surface area contributed by atoms with Crippen LogP contribution in [0.5, 0.6) is 0 Å². The van der Waals surface area contributed by atoms with Gasteiger partial charge in [0.05, 0.1) is 13.1 Å². The summed E-state index contributed by atoms with van der Waals surface area (Å²) < 4.78 is 52.3. The van der Waals surface area contributed by atoms with Crippen LogP contribution >= 0.6 is 0 Å². The van der Waals surface area contributed by atoms with Gasteiger partial charge >= 0.3 is 6.18 Å². The summed E-state index contributed by atoms with van der Waals surface area (Å²) in [5.74, 6) is -0.248. The lowest BCUT2D eigenvalue weighted by Crippen LogP contribution is -2.42. The van der Waals surface area contributed by atoms with Gasteiger partial charge in [0, 0.05) is 24.4 Å². The molecule has 1 aromatic carbocycles. The zero-order chi connectivity index (χ0) is 21.8. The smallest absolute Gasteiger partial charge is 0.354 e. The molecular formula is C21H26F4N4O. The fourth-order valence-corrected chi connectivity index (χ4v) is 4.12. The third-order valence-electron chi connectivity index (χ3n) is 5.62. The Balaban J connectivity index is 1.55. The summed E-state index contributed by atoms with van der Waals surface area (Å²) in [6.45, 7) is -0.492. The molecule has 2 aromatic rings. The van der Waals surface area contributed by atoms with Crippen molar-refractivity contribution >= 4 is 5.91 Å². The summed E-state index contributed by atoms with van der Waals surface area (Å²) in [5, 5.41) is 2.96. The molecule has 1 heterocycles. The van der Waals surface area contributed by atoms with Crippen LogP contribution in [0.15, 0.2) is 36.7 Å². The van der Waals surface area contributed by atoms with Crippen LogP contribution in [-0.4, -0.2) is 46.7 Å². The van der Waals surface area contributed by atoms with Crippen LogP contribution in [-0.2, 0) is 23.3 Å². The minimum Gasteiger partial charge on any atom is -0.354 e. The molecule has 0 atom stereocenters. The van der Waals surface area contributed by atoms with E-state index in [2.05, 4.69) is 10.3 Å². The average molecular weight is 426 g/mol. The first kappa shape index (κ1) is 22.3. The molecule has 0 spiro atoms. The first-order chi connectivity index (χ1) is 14.2. The minimum atomic E-state index is -4.33. The number of carbonyl (C=O) groups is 1. The van der Waals surface area contributed by atoms with Crippen LogP contribution in [0.25, 0.3) is 0 Å². The number of hydrogen-bond acceptors (Lipinski definition) is 3. The molecule has 0 unspecified atom stereocenters. The number of nitrogens with zero attached hydrogens (tertiary/aromatic N) is 3. The van der Waals surface area contributed by atoms with Crippen LogP contribution in [0, 0.1) is 5.82 Å². The lowest BCUT2D eigenvalue weighted by molar-refractivity contribution is -0.141. The molecule has 0 radical (unpaired) electrons. The molecule has 1 aromatic heterocycles. The van der Waals surface area contributed by atoms with Gasteiger partial charge in [0.1, 0.15) is 18.2 Å². The number of rotatable bonds is 8. The molecule has 1 N–H and O–H groups in total. The molecule has 1 aliphatic carbocycles. The van der Waals surface area contributed by atoms with Crippen molar-refractivity contribution in [2.45, 2.75) is 50.4 Å². The summed E-state index contributed by atoms with van der Waals surface area (Å²) in [7, 11) is 1.66. The number of benzene rings is 1. The predicted molar refractivity (Wildman–Crippen MR) is 104 cm³/mol. The molecule has 164 valence electrons. The van der Waals surface area contributed by atoms with Crippen LogP contribution in [0.4, 0.5) is 17.6 Å². The highest BCUT2D eigenvalue weighted by atomic mass is 19.4. The summed E-state index contributed by atoms with van der Waals surface area (Å²) in [6, 6.07) is 6.43. The van der Waals surface area contributed by atoms with Gasteiger partial charge in [0.15, 0.2) is 0 Å². The van der Waals surface area contributed by atoms with Gasteiger partial charge in [-0.05, 0) is 37.6 Å². The van der Waals surface area contributed by atoms with E-state index in [4.69, 9.17) is 0 Å².